The van der Waals surface area contributed by atoms with E-state index in [-0.39, 0.29) is 6.04 Å². The van der Waals surface area contributed by atoms with Crippen LogP contribution in [0.4, 0.5) is 0 Å². The highest BCUT2D eigenvalue weighted by Gasteiger charge is 2.31. The maximum absolute atomic E-state index is 11.9. The van der Waals surface area contributed by atoms with E-state index >= 15 is 0 Å². The number of methoxy groups -OCH3 is 1. The largest absolute Gasteiger partial charge is 0.465 e. The normalized spacial score (nSPS) is 15.9. The molecule has 21 heavy (non-hydrogen) atoms. The van der Waals surface area contributed by atoms with E-state index in [4.69, 9.17) is 4.74 Å². The smallest absolute Gasteiger partial charge is 0.338 e. The minimum absolute atomic E-state index is 0.165. The van der Waals surface area contributed by atoms with Gasteiger partial charge in [0.1, 0.15) is 5.70 Å². The van der Waals surface area contributed by atoms with Gasteiger partial charge in [-0.2, -0.15) is 0 Å². The first-order valence-corrected chi connectivity index (χ1v) is 6.54. The van der Waals surface area contributed by atoms with Crippen molar-refractivity contribution in [3.8, 4) is 0 Å². The van der Waals surface area contributed by atoms with E-state index in [9.17, 15) is 9.59 Å². The molecule has 2 aromatic carbocycles. The van der Waals surface area contributed by atoms with Crippen LogP contribution in [0.25, 0.3) is 5.70 Å². The van der Waals surface area contributed by atoms with Crippen LogP contribution in [-0.4, -0.2) is 19.0 Å². The zero-order chi connectivity index (χ0) is 14.8. The summed E-state index contributed by atoms with van der Waals surface area (Å²) in [5.41, 5.74) is 3.14. The van der Waals surface area contributed by atoms with Crippen LogP contribution in [-0.2, 0) is 9.53 Å². The summed E-state index contributed by atoms with van der Waals surface area (Å²) < 4.78 is 4.79. The third-order valence-electron chi connectivity index (χ3n) is 3.59. The molecule has 0 saturated carbocycles. The molecular weight excluding hydrogens is 266 g/mol. The van der Waals surface area contributed by atoms with E-state index in [2.05, 4.69) is 5.32 Å². The lowest BCUT2D eigenvalue weighted by Crippen LogP contribution is -2.12. The summed E-state index contributed by atoms with van der Waals surface area (Å²) in [5, 5.41) is 3.13. The number of esters is 1. The number of ether oxygens (including phenoxy) is 1. The summed E-state index contributed by atoms with van der Waals surface area (Å²) in [5.74, 6) is 1.42. The van der Waals surface area contributed by atoms with Gasteiger partial charge in [-0.1, -0.05) is 42.5 Å². The van der Waals surface area contributed by atoms with Crippen molar-refractivity contribution >= 4 is 17.6 Å². The van der Waals surface area contributed by atoms with Gasteiger partial charge in [0.15, 0.2) is 5.94 Å². The molecule has 1 N–H and O–H groups in total. The Hall–Kier alpha value is -2.84. The zero-order valence-electron chi connectivity index (χ0n) is 11.4. The van der Waals surface area contributed by atoms with Crippen molar-refractivity contribution in [1.29, 1.82) is 0 Å². The average Bonchev–Trinajstić information content (AvgIpc) is 2.93. The summed E-state index contributed by atoms with van der Waals surface area (Å²) in [6, 6.07) is 14.9. The molecule has 0 aliphatic carbocycles. The second kappa shape index (κ2) is 5.27. The monoisotopic (exact) mass is 279 g/mol. The van der Waals surface area contributed by atoms with Crippen molar-refractivity contribution in [2.75, 3.05) is 7.11 Å². The number of carbonyl (C=O) groups excluding carboxylic acids is 2. The van der Waals surface area contributed by atoms with E-state index < -0.39 is 5.97 Å². The van der Waals surface area contributed by atoms with Crippen molar-refractivity contribution < 1.29 is 14.3 Å². The van der Waals surface area contributed by atoms with Gasteiger partial charge in [0, 0.05) is 5.56 Å². The molecule has 0 saturated heterocycles. The highest BCUT2D eigenvalue weighted by Crippen LogP contribution is 2.37. The van der Waals surface area contributed by atoms with Crippen molar-refractivity contribution in [2.45, 2.75) is 6.04 Å². The van der Waals surface area contributed by atoms with Crippen LogP contribution in [0.5, 0.6) is 0 Å². The van der Waals surface area contributed by atoms with E-state index in [0.29, 0.717) is 16.8 Å². The topological polar surface area (TPSA) is 55.4 Å². The maximum atomic E-state index is 11.9. The van der Waals surface area contributed by atoms with Crippen LogP contribution in [0.1, 0.15) is 33.1 Å². The Morgan fingerprint density at radius 2 is 1.90 bits per heavy atom. The first-order valence-electron chi connectivity index (χ1n) is 6.54. The van der Waals surface area contributed by atoms with E-state index in [0.717, 1.165) is 11.1 Å². The molecule has 4 heteroatoms. The van der Waals surface area contributed by atoms with Crippen molar-refractivity contribution in [3.63, 3.8) is 0 Å². The van der Waals surface area contributed by atoms with Crippen molar-refractivity contribution in [2.24, 2.45) is 0 Å². The van der Waals surface area contributed by atoms with Gasteiger partial charge in [-0.25, -0.2) is 9.59 Å². The minimum atomic E-state index is -0.463. The second-order valence-corrected chi connectivity index (χ2v) is 4.73. The lowest BCUT2D eigenvalue weighted by molar-refractivity contribution is 0.0600. The molecular formula is C17H13NO3. The summed E-state index contributed by atoms with van der Waals surface area (Å²) in [4.78, 5) is 23.1. The predicted molar refractivity (Wildman–Crippen MR) is 78.3 cm³/mol. The molecule has 0 aromatic heterocycles. The van der Waals surface area contributed by atoms with E-state index in [1.807, 2.05) is 42.3 Å². The predicted octanol–water partition coefficient (Wildman–Crippen LogP) is 2.34. The molecule has 2 aromatic rings. The first-order chi connectivity index (χ1) is 10.3. The molecule has 0 amide bonds. The number of hydrogen-bond acceptors (Lipinski definition) is 4. The molecule has 1 unspecified atom stereocenters. The van der Waals surface area contributed by atoms with Gasteiger partial charge >= 0.3 is 5.97 Å². The third-order valence-corrected chi connectivity index (χ3v) is 3.59. The highest BCUT2D eigenvalue weighted by atomic mass is 16.5. The fourth-order valence-corrected chi connectivity index (χ4v) is 2.65. The van der Waals surface area contributed by atoms with Crippen LogP contribution >= 0.6 is 0 Å². The SMILES string of the molecule is COC(=O)c1cccc2c1C(=C=O)NC2c1ccccc1. The molecule has 1 atom stereocenters. The van der Waals surface area contributed by atoms with Crippen LogP contribution in [0.2, 0.25) is 0 Å². The number of fused-ring (bicyclic) bond motifs is 1. The number of hydrogen-bond donors (Lipinski definition) is 1. The Labute approximate surface area is 122 Å². The minimum Gasteiger partial charge on any atom is -0.465 e. The van der Waals surface area contributed by atoms with Gasteiger partial charge < -0.3 is 10.1 Å². The summed E-state index contributed by atoms with van der Waals surface area (Å²) in [7, 11) is 1.32. The quantitative estimate of drug-likeness (QED) is 0.677. The molecule has 4 nitrogen and oxygen atoms in total. The Kier molecular flexibility index (Phi) is 3.30. The highest BCUT2D eigenvalue weighted by molar-refractivity contribution is 6.02. The molecule has 0 spiro atoms. The molecule has 0 bridgehead atoms. The van der Waals surface area contributed by atoms with Crippen molar-refractivity contribution in [1.82, 2.24) is 5.32 Å². The van der Waals surface area contributed by atoms with Crippen LogP contribution in [0.15, 0.2) is 48.5 Å². The second-order valence-electron chi connectivity index (χ2n) is 4.73. The molecule has 0 radical (unpaired) electrons. The molecule has 3 rings (SSSR count). The van der Waals surface area contributed by atoms with Crippen LogP contribution in [0.3, 0.4) is 0 Å². The van der Waals surface area contributed by atoms with Gasteiger partial charge in [0.05, 0.1) is 18.7 Å². The van der Waals surface area contributed by atoms with Gasteiger partial charge in [-0.3, -0.25) is 0 Å². The molecule has 1 aliphatic heterocycles. The van der Waals surface area contributed by atoms with E-state index in [1.165, 1.54) is 7.11 Å². The number of benzene rings is 2. The standard InChI is InChI=1S/C17H13NO3/c1-21-17(20)13-9-5-8-12-15(13)14(10-19)18-16(12)11-6-3-2-4-7-11/h2-9,16,18H,1H3. The lowest BCUT2D eigenvalue weighted by Gasteiger charge is -2.12. The average molecular weight is 279 g/mol. The Morgan fingerprint density at radius 1 is 1.14 bits per heavy atom. The number of rotatable bonds is 2. The van der Waals surface area contributed by atoms with Crippen LogP contribution < -0.4 is 5.32 Å². The number of nitrogens with one attached hydrogen (secondary N) is 1. The van der Waals surface area contributed by atoms with Gasteiger partial charge in [-0.15, -0.1) is 0 Å². The summed E-state index contributed by atoms with van der Waals surface area (Å²) in [6.07, 6.45) is 0. The Morgan fingerprint density at radius 3 is 2.57 bits per heavy atom. The first kappa shape index (κ1) is 13.2. The zero-order valence-corrected chi connectivity index (χ0v) is 11.4. The molecule has 1 aliphatic rings. The van der Waals surface area contributed by atoms with Gasteiger partial charge in [0.2, 0.25) is 0 Å². The third kappa shape index (κ3) is 2.12. The fraction of sp³-hybridized carbons (Fsp3) is 0.118. The van der Waals surface area contributed by atoms with Gasteiger partial charge in [-0.05, 0) is 17.2 Å². The van der Waals surface area contributed by atoms with Gasteiger partial charge in [0.25, 0.3) is 0 Å². The summed E-state index contributed by atoms with van der Waals surface area (Å²) in [6.45, 7) is 0. The molecule has 104 valence electrons. The Balaban J connectivity index is 2.19. The summed E-state index contributed by atoms with van der Waals surface area (Å²) >= 11 is 0. The van der Waals surface area contributed by atoms with E-state index in [1.54, 1.807) is 12.1 Å². The maximum Gasteiger partial charge on any atom is 0.338 e. The van der Waals surface area contributed by atoms with Crippen LogP contribution in [0, 0.1) is 0 Å². The fourth-order valence-electron chi connectivity index (χ4n) is 2.65. The molecule has 0 fully saturated rings. The Bertz CT molecular complexity index is 746. The molecule has 1 heterocycles. The number of carbonyl (C=O) groups is 1. The van der Waals surface area contributed by atoms with Crippen molar-refractivity contribution in [3.05, 3.63) is 70.8 Å². The lowest BCUT2D eigenvalue weighted by atomic mass is 9.95.